The molecule has 1 N–H and O–H groups in total. The standard InChI is InChI=1S/C22H22ClN5O3/c1-31-18-5-2-4-16(14-18)21(29)26-10-12-27(13-11-26)22(30)25-17-6-7-20(19(23)15-17)28-9-3-8-24-28/h2-9,14-15H,10-13H2,1H3,(H,25,30). The summed E-state index contributed by atoms with van der Waals surface area (Å²) < 4.78 is 6.85. The number of aromatic nitrogens is 2. The van der Waals surface area contributed by atoms with Gasteiger partial charge in [0.05, 0.1) is 17.8 Å². The average Bonchev–Trinajstić information content (AvgIpc) is 3.33. The number of halogens is 1. The Morgan fingerprint density at radius 2 is 1.81 bits per heavy atom. The molecule has 1 saturated heterocycles. The molecule has 1 aromatic heterocycles. The van der Waals surface area contributed by atoms with Crippen LogP contribution in [0, 0.1) is 0 Å². The van der Waals surface area contributed by atoms with Gasteiger partial charge in [-0.05, 0) is 42.5 Å². The predicted molar refractivity (Wildman–Crippen MR) is 118 cm³/mol. The summed E-state index contributed by atoms with van der Waals surface area (Å²) in [6.07, 6.45) is 3.47. The second-order valence-electron chi connectivity index (χ2n) is 7.06. The summed E-state index contributed by atoms with van der Waals surface area (Å²) in [4.78, 5) is 28.8. The lowest BCUT2D eigenvalue weighted by molar-refractivity contribution is 0.0671. The van der Waals surface area contributed by atoms with Gasteiger partial charge >= 0.3 is 6.03 Å². The number of nitrogens with zero attached hydrogens (tertiary/aromatic N) is 4. The SMILES string of the molecule is COc1cccc(C(=O)N2CCN(C(=O)Nc3ccc(-n4cccn4)c(Cl)c3)CC2)c1. The van der Waals surface area contributed by atoms with Crippen LogP contribution in [0.2, 0.25) is 5.02 Å². The molecule has 1 aliphatic heterocycles. The number of benzene rings is 2. The smallest absolute Gasteiger partial charge is 0.321 e. The highest BCUT2D eigenvalue weighted by Crippen LogP contribution is 2.24. The van der Waals surface area contributed by atoms with E-state index in [-0.39, 0.29) is 11.9 Å². The van der Waals surface area contributed by atoms with Crippen LogP contribution in [-0.2, 0) is 0 Å². The highest BCUT2D eigenvalue weighted by atomic mass is 35.5. The van der Waals surface area contributed by atoms with Gasteiger partial charge < -0.3 is 19.9 Å². The Balaban J connectivity index is 1.34. The van der Waals surface area contributed by atoms with E-state index in [1.807, 2.05) is 6.07 Å². The van der Waals surface area contributed by atoms with E-state index in [0.717, 1.165) is 5.69 Å². The summed E-state index contributed by atoms with van der Waals surface area (Å²) >= 11 is 6.35. The molecule has 0 bridgehead atoms. The molecule has 0 unspecified atom stereocenters. The number of hydrogen-bond acceptors (Lipinski definition) is 4. The fourth-order valence-electron chi connectivity index (χ4n) is 3.44. The fourth-order valence-corrected chi connectivity index (χ4v) is 3.70. The van der Waals surface area contributed by atoms with E-state index in [0.29, 0.717) is 48.2 Å². The zero-order chi connectivity index (χ0) is 21.8. The van der Waals surface area contributed by atoms with E-state index in [1.165, 1.54) is 0 Å². The van der Waals surface area contributed by atoms with E-state index in [4.69, 9.17) is 16.3 Å². The lowest BCUT2D eigenvalue weighted by Gasteiger charge is -2.34. The Morgan fingerprint density at radius 3 is 2.48 bits per heavy atom. The van der Waals surface area contributed by atoms with Crippen LogP contribution in [0.5, 0.6) is 5.75 Å². The van der Waals surface area contributed by atoms with Gasteiger partial charge in [0.15, 0.2) is 0 Å². The van der Waals surface area contributed by atoms with Crippen molar-refractivity contribution >= 4 is 29.2 Å². The van der Waals surface area contributed by atoms with Crippen LogP contribution in [0.3, 0.4) is 0 Å². The van der Waals surface area contributed by atoms with Crippen molar-refractivity contribution in [2.75, 3.05) is 38.6 Å². The lowest BCUT2D eigenvalue weighted by Crippen LogP contribution is -2.51. The molecule has 0 aliphatic carbocycles. The first-order chi connectivity index (χ1) is 15.0. The number of hydrogen-bond donors (Lipinski definition) is 1. The molecule has 160 valence electrons. The van der Waals surface area contributed by atoms with Gasteiger partial charge in [-0.3, -0.25) is 4.79 Å². The summed E-state index contributed by atoms with van der Waals surface area (Å²) in [6.45, 7) is 1.81. The highest BCUT2D eigenvalue weighted by Gasteiger charge is 2.25. The van der Waals surface area contributed by atoms with Crippen molar-refractivity contribution < 1.29 is 14.3 Å². The molecule has 2 aromatic carbocycles. The van der Waals surface area contributed by atoms with Crippen LogP contribution in [-0.4, -0.2) is 64.8 Å². The first-order valence-corrected chi connectivity index (χ1v) is 10.2. The molecule has 0 spiro atoms. The molecule has 0 saturated carbocycles. The van der Waals surface area contributed by atoms with Crippen molar-refractivity contribution in [2.45, 2.75) is 0 Å². The van der Waals surface area contributed by atoms with Crippen LogP contribution in [0.25, 0.3) is 5.69 Å². The molecule has 9 heteroatoms. The third kappa shape index (κ3) is 4.64. The second kappa shape index (κ2) is 9.09. The van der Waals surface area contributed by atoms with E-state index >= 15 is 0 Å². The van der Waals surface area contributed by atoms with Crippen molar-refractivity contribution in [3.63, 3.8) is 0 Å². The van der Waals surface area contributed by atoms with E-state index in [9.17, 15) is 9.59 Å². The quantitative estimate of drug-likeness (QED) is 0.674. The molecule has 1 aliphatic rings. The van der Waals surface area contributed by atoms with Gasteiger partial charge in [0.25, 0.3) is 5.91 Å². The topological polar surface area (TPSA) is 79.7 Å². The number of rotatable bonds is 4. The molecule has 8 nitrogen and oxygen atoms in total. The largest absolute Gasteiger partial charge is 0.497 e. The Labute approximate surface area is 185 Å². The molecular formula is C22H22ClN5O3. The summed E-state index contributed by atoms with van der Waals surface area (Å²) in [5.41, 5.74) is 1.90. The molecule has 0 atom stereocenters. The number of carbonyl (C=O) groups excluding carboxylic acids is 2. The third-order valence-electron chi connectivity index (χ3n) is 5.12. The summed E-state index contributed by atoms with van der Waals surface area (Å²) in [5, 5.41) is 7.51. The van der Waals surface area contributed by atoms with E-state index in [1.54, 1.807) is 76.4 Å². The Hall–Kier alpha value is -3.52. The normalized spacial score (nSPS) is 13.7. The molecule has 0 radical (unpaired) electrons. The molecule has 31 heavy (non-hydrogen) atoms. The Morgan fingerprint density at radius 1 is 1.03 bits per heavy atom. The van der Waals surface area contributed by atoms with Crippen molar-refractivity contribution in [1.29, 1.82) is 0 Å². The molecule has 4 rings (SSSR count). The van der Waals surface area contributed by atoms with Gasteiger partial charge in [0, 0.05) is 49.8 Å². The number of carbonyl (C=O) groups is 2. The fraction of sp³-hybridized carbons (Fsp3) is 0.227. The maximum Gasteiger partial charge on any atom is 0.321 e. The highest BCUT2D eigenvalue weighted by molar-refractivity contribution is 6.32. The Kier molecular flexibility index (Phi) is 6.08. The average molecular weight is 440 g/mol. The van der Waals surface area contributed by atoms with Crippen LogP contribution in [0.4, 0.5) is 10.5 Å². The summed E-state index contributed by atoms with van der Waals surface area (Å²) in [5.74, 6) is 0.570. The third-order valence-corrected chi connectivity index (χ3v) is 5.42. The maximum absolute atomic E-state index is 12.7. The number of ether oxygens (including phenoxy) is 1. The number of piperazine rings is 1. The number of methoxy groups -OCH3 is 1. The van der Waals surface area contributed by atoms with Gasteiger partial charge in [-0.15, -0.1) is 0 Å². The van der Waals surface area contributed by atoms with Crippen LogP contribution in [0.1, 0.15) is 10.4 Å². The number of amides is 3. The first kappa shape index (κ1) is 20.7. The summed E-state index contributed by atoms with van der Waals surface area (Å²) in [7, 11) is 1.57. The van der Waals surface area contributed by atoms with Crippen molar-refractivity contribution in [3.8, 4) is 11.4 Å². The minimum absolute atomic E-state index is 0.0695. The molecular weight excluding hydrogens is 418 g/mol. The minimum atomic E-state index is -0.226. The van der Waals surface area contributed by atoms with Gasteiger partial charge in [-0.2, -0.15) is 5.10 Å². The number of urea groups is 1. The molecule has 2 heterocycles. The zero-order valence-corrected chi connectivity index (χ0v) is 17.7. The van der Waals surface area contributed by atoms with Gasteiger partial charge in [-0.25, -0.2) is 9.48 Å². The van der Waals surface area contributed by atoms with Gasteiger partial charge in [-0.1, -0.05) is 17.7 Å². The lowest BCUT2D eigenvalue weighted by atomic mass is 10.1. The van der Waals surface area contributed by atoms with E-state index < -0.39 is 0 Å². The van der Waals surface area contributed by atoms with Gasteiger partial charge in [0.1, 0.15) is 5.75 Å². The monoisotopic (exact) mass is 439 g/mol. The van der Waals surface area contributed by atoms with Crippen LogP contribution >= 0.6 is 11.6 Å². The van der Waals surface area contributed by atoms with Crippen LogP contribution < -0.4 is 10.1 Å². The molecule has 3 aromatic rings. The van der Waals surface area contributed by atoms with Crippen molar-refractivity contribution in [2.24, 2.45) is 0 Å². The Bertz CT molecular complexity index is 1080. The molecule has 3 amide bonds. The van der Waals surface area contributed by atoms with Crippen molar-refractivity contribution in [1.82, 2.24) is 19.6 Å². The number of nitrogens with one attached hydrogen (secondary N) is 1. The van der Waals surface area contributed by atoms with Crippen molar-refractivity contribution in [3.05, 3.63) is 71.5 Å². The van der Waals surface area contributed by atoms with Crippen LogP contribution in [0.15, 0.2) is 60.9 Å². The first-order valence-electron chi connectivity index (χ1n) is 9.84. The maximum atomic E-state index is 12.7. The zero-order valence-electron chi connectivity index (χ0n) is 17.0. The number of anilines is 1. The summed E-state index contributed by atoms with van der Waals surface area (Å²) in [6, 6.07) is 13.9. The second-order valence-corrected chi connectivity index (χ2v) is 7.47. The van der Waals surface area contributed by atoms with Gasteiger partial charge in [0.2, 0.25) is 0 Å². The van der Waals surface area contributed by atoms with E-state index in [2.05, 4.69) is 10.4 Å². The molecule has 1 fully saturated rings. The predicted octanol–water partition coefficient (Wildman–Crippen LogP) is 3.52. The minimum Gasteiger partial charge on any atom is -0.497 e.